The molecule has 0 aliphatic heterocycles. The van der Waals surface area contributed by atoms with Crippen LogP contribution in [0.3, 0.4) is 0 Å². The number of thiophene rings is 1. The van der Waals surface area contributed by atoms with E-state index in [9.17, 15) is 5.11 Å². The van der Waals surface area contributed by atoms with E-state index in [0.29, 0.717) is 12.2 Å². The van der Waals surface area contributed by atoms with Gasteiger partial charge in [-0.15, -0.1) is 11.3 Å². The first-order chi connectivity index (χ1) is 6.70. The van der Waals surface area contributed by atoms with Gasteiger partial charge in [-0.1, -0.05) is 0 Å². The van der Waals surface area contributed by atoms with Gasteiger partial charge in [0.2, 0.25) is 0 Å². The van der Waals surface area contributed by atoms with Crippen LogP contribution in [0.25, 0.3) is 10.1 Å². The van der Waals surface area contributed by atoms with Crippen LogP contribution in [0.4, 0.5) is 0 Å². The Morgan fingerprint density at radius 2 is 2.21 bits per heavy atom. The Morgan fingerprint density at radius 3 is 2.93 bits per heavy atom. The average molecular weight is 203 g/mol. The number of phenols is 1. The number of hydrogen-bond donors (Lipinski definition) is 1. The molecule has 2 nitrogen and oxygen atoms in total. The van der Waals surface area contributed by atoms with Gasteiger partial charge in [-0.05, 0) is 36.1 Å². The fourth-order valence-electron chi connectivity index (χ4n) is 1.51. The van der Waals surface area contributed by atoms with Crippen molar-refractivity contribution in [3.8, 4) is 11.8 Å². The van der Waals surface area contributed by atoms with E-state index >= 15 is 0 Å². The van der Waals surface area contributed by atoms with Gasteiger partial charge in [0.05, 0.1) is 12.5 Å². The van der Waals surface area contributed by atoms with Gasteiger partial charge < -0.3 is 5.11 Å². The molecule has 3 heteroatoms. The highest BCUT2D eigenvalue weighted by molar-refractivity contribution is 7.19. The number of rotatable bonds is 1. The third kappa shape index (κ3) is 1.45. The summed E-state index contributed by atoms with van der Waals surface area (Å²) in [5, 5.41) is 19.1. The molecule has 0 atom stereocenters. The molecule has 70 valence electrons. The van der Waals surface area contributed by atoms with Gasteiger partial charge in [0.1, 0.15) is 5.75 Å². The lowest BCUT2D eigenvalue weighted by atomic mass is 10.1. The fourth-order valence-corrected chi connectivity index (χ4v) is 2.62. The van der Waals surface area contributed by atoms with Crippen LogP contribution in [0.15, 0.2) is 18.2 Å². The molecule has 0 aliphatic carbocycles. The van der Waals surface area contributed by atoms with Crippen molar-refractivity contribution >= 4 is 21.4 Å². The van der Waals surface area contributed by atoms with Gasteiger partial charge in [-0.25, -0.2) is 0 Å². The molecule has 0 saturated heterocycles. The summed E-state index contributed by atoms with van der Waals surface area (Å²) in [5.41, 5.74) is 1.06. The van der Waals surface area contributed by atoms with Crippen molar-refractivity contribution in [1.29, 1.82) is 5.26 Å². The first kappa shape index (κ1) is 9.04. The van der Waals surface area contributed by atoms with Gasteiger partial charge in [0.25, 0.3) is 0 Å². The summed E-state index contributed by atoms with van der Waals surface area (Å²) in [6, 6.07) is 7.64. The summed E-state index contributed by atoms with van der Waals surface area (Å²) in [6.07, 6.45) is 0.444. The number of nitriles is 1. The van der Waals surface area contributed by atoms with Crippen molar-refractivity contribution < 1.29 is 5.11 Å². The van der Waals surface area contributed by atoms with Crippen molar-refractivity contribution in [2.45, 2.75) is 13.3 Å². The Hall–Kier alpha value is -1.53. The van der Waals surface area contributed by atoms with E-state index in [4.69, 9.17) is 5.26 Å². The molecule has 0 aliphatic rings. The monoisotopic (exact) mass is 203 g/mol. The maximum absolute atomic E-state index is 9.39. The lowest BCUT2D eigenvalue weighted by Gasteiger charge is -1.96. The van der Waals surface area contributed by atoms with Crippen molar-refractivity contribution in [3.63, 3.8) is 0 Å². The SMILES string of the molecule is Cc1cc(O)cc2sc(CC#N)cc12. The summed E-state index contributed by atoms with van der Waals surface area (Å²) in [6.45, 7) is 1.96. The summed E-state index contributed by atoms with van der Waals surface area (Å²) in [5.74, 6) is 0.292. The summed E-state index contributed by atoms with van der Waals surface area (Å²) in [7, 11) is 0. The van der Waals surface area contributed by atoms with Crippen LogP contribution in [0, 0.1) is 18.3 Å². The third-order valence-electron chi connectivity index (χ3n) is 2.13. The zero-order valence-corrected chi connectivity index (χ0v) is 8.56. The molecule has 0 unspecified atom stereocenters. The van der Waals surface area contributed by atoms with Crippen molar-refractivity contribution in [1.82, 2.24) is 0 Å². The first-order valence-corrected chi connectivity index (χ1v) is 5.11. The number of hydrogen-bond acceptors (Lipinski definition) is 3. The Morgan fingerprint density at radius 1 is 1.43 bits per heavy atom. The van der Waals surface area contributed by atoms with E-state index in [1.165, 1.54) is 0 Å². The average Bonchev–Trinajstić information content (AvgIpc) is 2.48. The molecular weight excluding hydrogens is 194 g/mol. The molecule has 0 amide bonds. The Labute approximate surface area is 86.0 Å². The highest BCUT2D eigenvalue weighted by Gasteiger charge is 2.05. The maximum Gasteiger partial charge on any atom is 0.117 e. The molecule has 1 N–H and O–H groups in total. The van der Waals surface area contributed by atoms with Crippen LogP contribution >= 0.6 is 11.3 Å². The molecule has 0 bridgehead atoms. The van der Waals surface area contributed by atoms with Gasteiger partial charge in [0.15, 0.2) is 0 Å². The Bertz CT molecular complexity index is 522. The first-order valence-electron chi connectivity index (χ1n) is 4.29. The van der Waals surface area contributed by atoms with Gasteiger partial charge in [0, 0.05) is 9.58 Å². The number of phenolic OH excluding ortho intramolecular Hbond substituents is 1. The molecule has 0 saturated carbocycles. The zero-order chi connectivity index (χ0) is 10.1. The van der Waals surface area contributed by atoms with Crippen molar-refractivity contribution in [3.05, 3.63) is 28.6 Å². The molecule has 1 aromatic heterocycles. The number of fused-ring (bicyclic) bond motifs is 1. The van der Waals surface area contributed by atoms with Gasteiger partial charge in [-0.3, -0.25) is 0 Å². The molecule has 2 aromatic rings. The van der Waals surface area contributed by atoms with Crippen molar-refractivity contribution in [2.24, 2.45) is 0 Å². The van der Waals surface area contributed by atoms with Crippen LogP contribution in [-0.4, -0.2) is 5.11 Å². The lowest BCUT2D eigenvalue weighted by Crippen LogP contribution is -1.73. The Kier molecular flexibility index (Phi) is 2.14. The fraction of sp³-hybridized carbons (Fsp3) is 0.182. The van der Waals surface area contributed by atoms with E-state index in [-0.39, 0.29) is 0 Å². The quantitative estimate of drug-likeness (QED) is 0.774. The summed E-state index contributed by atoms with van der Waals surface area (Å²) in [4.78, 5) is 1.05. The van der Waals surface area contributed by atoms with Crippen LogP contribution in [0.2, 0.25) is 0 Å². The van der Waals surface area contributed by atoms with E-state index in [1.807, 2.05) is 13.0 Å². The minimum absolute atomic E-state index is 0.292. The minimum Gasteiger partial charge on any atom is -0.508 e. The molecule has 0 fully saturated rings. The van der Waals surface area contributed by atoms with E-state index < -0.39 is 0 Å². The second kappa shape index (κ2) is 3.32. The molecule has 0 spiro atoms. The number of aryl methyl sites for hydroxylation is 1. The van der Waals surface area contributed by atoms with Crippen LogP contribution in [0.1, 0.15) is 10.4 Å². The van der Waals surface area contributed by atoms with Crippen molar-refractivity contribution in [2.75, 3.05) is 0 Å². The third-order valence-corrected chi connectivity index (χ3v) is 3.22. The number of benzene rings is 1. The smallest absolute Gasteiger partial charge is 0.117 e. The second-order valence-corrected chi connectivity index (χ2v) is 4.39. The van der Waals surface area contributed by atoms with Crippen LogP contribution in [-0.2, 0) is 6.42 Å². The number of aromatic hydroxyl groups is 1. The minimum atomic E-state index is 0.292. The molecule has 1 heterocycles. The lowest BCUT2D eigenvalue weighted by molar-refractivity contribution is 0.476. The molecule has 2 rings (SSSR count). The molecule has 14 heavy (non-hydrogen) atoms. The van der Waals surface area contributed by atoms with E-state index in [0.717, 1.165) is 20.5 Å². The second-order valence-electron chi connectivity index (χ2n) is 3.22. The van der Waals surface area contributed by atoms with Crippen LogP contribution < -0.4 is 0 Å². The van der Waals surface area contributed by atoms with Gasteiger partial charge in [-0.2, -0.15) is 5.26 Å². The van der Waals surface area contributed by atoms with Crippen LogP contribution in [0.5, 0.6) is 5.75 Å². The zero-order valence-electron chi connectivity index (χ0n) is 7.74. The Balaban J connectivity index is 2.66. The van der Waals surface area contributed by atoms with E-state index in [1.54, 1.807) is 23.5 Å². The largest absolute Gasteiger partial charge is 0.508 e. The molecular formula is C11H9NOS. The maximum atomic E-state index is 9.39. The predicted octanol–water partition coefficient (Wildman–Crippen LogP) is 2.98. The highest BCUT2D eigenvalue weighted by atomic mass is 32.1. The highest BCUT2D eigenvalue weighted by Crippen LogP contribution is 2.31. The summed E-state index contributed by atoms with van der Waals surface area (Å²) >= 11 is 1.57. The van der Waals surface area contributed by atoms with Gasteiger partial charge >= 0.3 is 0 Å². The standard InChI is InChI=1S/C11H9NOS/c1-7-4-8(13)5-11-10(7)6-9(14-11)2-3-12/h4-6,13H,2H2,1H3. The number of nitrogens with zero attached hydrogens (tertiary/aromatic N) is 1. The van der Waals surface area contributed by atoms with E-state index in [2.05, 4.69) is 6.07 Å². The molecule has 1 aromatic carbocycles. The predicted molar refractivity (Wildman–Crippen MR) is 57.5 cm³/mol. The topological polar surface area (TPSA) is 44.0 Å². The summed E-state index contributed by atoms with van der Waals surface area (Å²) < 4.78 is 1.05. The normalized spacial score (nSPS) is 10.3. The molecule has 0 radical (unpaired) electrons.